The van der Waals surface area contributed by atoms with E-state index in [0.29, 0.717) is 0 Å². The lowest BCUT2D eigenvalue weighted by molar-refractivity contribution is 0.0506. The van der Waals surface area contributed by atoms with Crippen molar-refractivity contribution < 1.29 is 9.53 Å². The van der Waals surface area contributed by atoms with Gasteiger partial charge in [0.2, 0.25) is 0 Å². The van der Waals surface area contributed by atoms with Crippen molar-refractivity contribution in [3.8, 4) is 0 Å². The fourth-order valence-corrected chi connectivity index (χ4v) is 2.38. The molecular weight excluding hydrogens is 368 g/mol. The maximum Gasteiger partial charge on any atom is 0.407 e. The Morgan fingerprint density at radius 3 is 2.73 bits per heavy atom. The van der Waals surface area contributed by atoms with Crippen LogP contribution >= 0.6 is 27.5 Å². The Balaban J connectivity index is 2.26. The van der Waals surface area contributed by atoms with E-state index >= 15 is 0 Å². The number of amides is 1. The van der Waals surface area contributed by atoms with E-state index in [1.807, 2.05) is 45.9 Å². The van der Waals surface area contributed by atoms with Crippen LogP contribution in [-0.4, -0.2) is 24.3 Å². The van der Waals surface area contributed by atoms with Crippen molar-refractivity contribution in [1.82, 2.24) is 10.6 Å². The average molecular weight is 392 g/mol. The summed E-state index contributed by atoms with van der Waals surface area (Å²) in [7, 11) is 0. The van der Waals surface area contributed by atoms with Gasteiger partial charge < -0.3 is 15.4 Å². The van der Waals surface area contributed by atoms with Crippen LogP contribution in [0.3, 0.4) is 0 Å². The summed E-state index contributed by atoms with van der Waals surface area (Å²) in [6, 6.07) is 5.76. The molecule has 0 aliphatic carbocycles. The molecule has 4 nitrogen and oxygen atoms in total. The molecule has 0 aliphatic rings. The van der Waals surface area contributed by atoms with E-state index in [2.05, 4.69) is 26.6 Å². The van der Waals surface area contributed by atoms with Gasteiger partial charge in [0, 0.05) is 22.1 Å². The standard InChI is InChI=1S/C16H24BrClN2O2/c1-11(20-15(21)22-16(2,3)4)7-8-19-10-12-9-13(18)5-6-14(12)17/h5-6,9,11,19H,7-8,10H2,1-4H3,(H,20,21). The zero-order valence-corrected chi connectivity index (χ0v) is 15.8. The lowest BCUT2D eigenvalue weighted by atomic mass is 10.2. The van der Waals surface area contributed by atoms with Crippen LogP contribution < -0.4 is 10.6 Å². The highest BCUT2D eigenvalue weighted by Gasteiger charge is 2.17. The van der Waals surface area contributed by atoms with Gasteiger partial charge >= 0.3 is 6.09 Å². The minimum atomic E-state index is -0.471. The van der Waals surface area contributed by atoms with Gasteiger partial charge in [-0.05, 0) is 64.4 Å². The maximum atomic E-state index is 11.6. The van der Waals surface area contributed by atoms with Crippen LogP contribution in [0.2, 0.25) is 5.02 Å². The van der Waals surface area contributed by atoms with E-state index in [0.717, 1.165) is 34.6 Å². The van der Waals surface area contributed by atoms with Crippen molar-refractivity contribution >= 4 is 33.6 Å². The first kappa shape index (κ1) is 19.3. The molecule has 2 N–H and O–H groups in total. The first-order chi connectivity index (χ1) is 10.2. The zero-order valence-electron chi connectivity index (χ0n) is 13.5. The Morgan fingerprint density at radius 1 is 1.41 bits per heavy atom. The molecule has 1 unspecified atom stereocenters. The van der Waals surface area contributed by atoms with Crippen LogP contribution in [0.5, 0.6) is 0 Å². The van der Waals surface area contributed by atoms with E-state index in [-0.39, 0.29) is 12.1 Å². The summed E-state index contributed by atoms with van der Waals surface area (Å²) in [5, 5.41) is 6.89. The summed E-state index contributed by atoms with van der Waals surface area (Å²) in [6.07, 6.45) is 0.440. The largest absolute Gasteiger partial charge is 0.444 e. The molecule has 1 amide bonds. The number of hydrogen-bond acceptors (Lipinski definition) is 3. The smallest absolute Gasteiger partial charge is 0.407 e. The van der Waals surface area contributed by atoms with Gasteiger partial charge in [-0.25, -0.2) is 4.79 Å². The third-order valence-corrected chi connectivity index (χ3v) is 3.85. The van der Waals surface area contributed by atoms with Crippen LogP contribution in [0.4, 0.5) is 4.79 Å². The lowest BCUT2D eigenvalue weighted by Gasteiger charge is -2.22. The van der Waals surface area contributed by atoms with E-state index in [9.17, 15) is 4.79 Å². The fourth-order valence-electron chi connectivity index (χ4n) is 1.80. The number of ether oxygens (including phenoxy) is 1. The predicted octanol–water partition coefficient (Wildman–Crippen LogP) is 4.50. The molecule has 1 aromatic rings. The number of hydrogen-bond donors (Lipinski definition) is 2. The minimum absolute atomic E-state index is 0.0464. The van der Waals surface area contributed by atoms with E-state index in [1.54, 1.807) is 0 Å². The molecule has 6 heteroatoms. The number of rotatable bonds is 6. The minimum Gasteiger partial charge on any atom is -0.444 e. The van der Waals surface area contributed by atoms with Crippen molar-refractivity contribution in [2.45, 2.75) is 52.3 Å². The third-order valence-electron chi connectivity index (χ3n) is 2.84. The molecule has 0 saturated heterocycles. The third kappa shape index (κ3) is 8.01. The topological polar surface area (TPSA) is 50.4 Å². The molecule has 0 heterocycles. The summed E-state index contributed by atoms with van der Waals surface area (Å²) in [6.45, 7) is 9.02. The number of alkyl carbamates (subject to hydrolysis) is 1. The van der Waals surface area contributed by atoms with Gasteiger partial charge in [0.25, 0.3) is 0 Å². The Bertz CT molecular complexity index is 503. The zero-order chi connectivity index (χ0) is 16.8. The fraction of sp³-hybridized carbons (Fsp3) is 0.562. The van der Waals surface area contributed by atoms with E-state index in [1.165, 1.54) is 0 Å². The highest BCUT2D eigenvalue weighted by molar-refractivity contribution is 9.10. The molecule has 124 valence electrons. The molecule has 1 aromatic carbocycles. The maximum absolute atomic E-state index is 11.6. The van der Waals surface area contributed by atoms with Crippen molar-refractivity contribution in [3.63, 3.8) is 0 Å². The first-order valence-electron chi connectivity index (χ1n) is 7.31. The molecule has 0 aliphatic heterocycles. The first-order valence-corrected chi connectivity index (χ1v) is 8.48. The van der Waals surface area contributed by atoms with Gasteiger partial charge in [-0.3, -0.25) is 0 Å². The predicted molar refractivity (Wildman–Crippen MR) is 94.3 cm³/mol. The molecule has 1 atom stereocenters. The highest BCUT2D eigenvalue weighted by atomic mass is 79.9. The van der Waals surface area contributed by atoms with Gasteiger partial charge in [0.1, 0.15) is 5.60 Å². The summed E-state index contributed by atoms with van der Waals surface area (Å²) < 4.78 is 6.25. The Labute approximate surface area is 146 Å². The van der Waals surface area contributed by atoms with Crippen molar-refractivity contribution in [2.75, 3.05) is 6.54 Å². The molecule has 0 bridgehead atoms. The monoisotopic (exact) mass is 390 g/mol. The summed E-state index contributed by atoms with van der Waals surface area (Å²) >= 11 is 9.48. The number of halogens is 2. The Hall–Kier alpha value is -0.780. The normalized spacial score (nSPS) is 12.8. The van der Waals surface area contributed by atoms with Crippen molar-refractivity contribution in [2.24, 2.45) is 0 Å². The average Bonchev–Trinajstić information content (AvgIpc) is 2.36. The summed E-state index contributed by atoms with van der Waals surface area (Å²) in [5.41, 5.74) is 0.640. The molecule has 0 radical (unpaired) electrons. The van der Waals surface area contributed by atoms with Crippen molar-refractivity contribution in [1.29, 1.82) is 0 Å². The molecule has 0 saturated carbocycles. The molecule has 0 spiro atoms. The Kier molecular flexibility index (Phi) is 7.66. The molecule has 1 rings (SSSR count). The Morgan fingerprint density at radius 2 is 2.09 bits per heavy atom. The molecule has 22 heavy (non-hydrogen) atoms. The molecule has 0 fully saturated rings. The number of benzene rings is 1. The second-order valence-electron chi connectivity index (χ2n) is 6.25. The van der Waals surface area contributed by atoms with Crippen LogP contribution in [0.25, 0.3) is 0 Å². The van der Waals surface area contributed by atoms with Crippen LogP contribution in [0.15, 0.2) is 22.7 Å². The SMILES string of the molecule is CC(CCNCc1cc(Cl)ccc1Br)NC(=O)OC(C)(C)C. The molecule has 0 aromatic heterocycles. The molecular formula is C16H24BrClN2O2. The van der Waals surface area contributed by atoms with Gasteiger partial charge in [-0.1, -0.05) is 27.5 Å². The van der Waals surface area contributed by atoms with Crippen LogP contribution in [0.1, 0.15) is 39.7 Å². The lowest BCUT2D eigenvalue weighted by Crippen LogP contribution is -2.38. The quantitative estimate of drug-likeness (QED) is 0.702. The van der Waals surface area contributed by atoms with Gasteiger partial charge in [0.15, 0.2) is 0 Å². The van der Waals surface area contributed by atoms with E-state index < -0.39 is 5.60 Å². The van der Waals surface area contributed by atoms with Crippen molar-refractivity contribution in [3.05, 3.63) is 33.3 Å². The van der Waals surface area contributed by atoms with Crippen LogP contribution in [-0.2, 0) is 11.3 Å². The van der Waals surface area contributed by atoms with Crippen LogP contribution in [0, 0.1) is 0 Å². The van der Waals surface area contributed by atoms with E-state index in [4.69, 9.17) is 16.3 Å². The summed E-state index contributed by atoms with van der Waals surface area (Å²) in [5.74, 6) is 0. The van der Waals surface area contributed by atoms with Gasteiger partial charge in [-0.2, -0.15) is 0 Å². The summed E-state index contributed by atoms with van der Waals surface area (Å²) in [4.78, 5) is 11.6. The van der Waals surface area contributed by atoms with Gasteiger partial charge in [0.05, 0.1) is 0 Å². The number of nitrogens with one attached hydrogen (secondary N) is 2. The highest BCUT2D eigenvalue weighted by Crippen LogP contribution is 2.20. The number of carbonyl (C=O) groups excluding carboxylic acids is 1. The number of carbonyl (C=O) groups is 1. The second-order valence-corrected chi connectivity index (χ2v) is 7.54. The van der Waals surface area contributed by atoms with Gasteiger partial charge in [-0.15, -0.1) is 0 Å². The second kappa shape index (κ2) is 8.75.